The van der Waals surface area contributed by atoms with E-state index in [0.29, 0.717) is 0 Å². The van der Waals surface area contributed by atoms with Gasteiger partial charge in [0.15, 0.2) is 6.10 Å². The van der Waals surface area contributed by atoms with Crippen molar-refractivity contribution < 1.29 is 28.5 Å². The van der Waals surface area contributed by atoms with Gasteiger partial charge in [-0.25, -0.2) is 4.79 Å². The van der Waals surface area contributed by atoms with Crippen LogP contribution < -0.4 is 4.74 Å². The van der Waals surface area contributed by atoms with Crippen LogP contribution >= 0.6 is 23.2 Å². The highest BCUT2D eigenvalue weighted by molar-refractivity contribution is 6.36. The van der Waals surface area contributed by atoms with Crippen molar-refractivity contribution in [2.75, 3.05) is 0 Å². The standard InChI is InChI=1S/C9H6Cl2F2O4/c10-4-2-5(11)6(17-9(12)13)1-3(4)7(14)8(15)16/h1-2,7,9,14H,(H,15,16). The van der Waals surface area contributed by atoms with E-state index in [-0.39, 0.29) is 15.6 Å². The molecule has 0 aliphatic carbocycles. The molecule has 94 valence electrons. The lowest BCUT2D eigenvalue weighted by atomic mass is 10.1. The van der Waals surface area contributed by atoms with Crippen molar-refractivity contribution in [2.24, 2.45) is 0 Å². The molecule has 1 rings (SSSR count). The molecule has 1 aromatic rings. The zero-order valence-electron chi connectivity index (χ0n) is 8.03. The minimum Gasteiger partial charge on any atom is -0.479 e. The third-order valence-electron chi connectivity index (χ3n) is 1.80. The molecule has 8 heteroatoms. The average molecular weight is 287 g/mol. The van der Waals surface area contributed by atoms with Crippen molar-refractivity contribution in [3.05, 3.63) is 27.7 Å². The Kier molecular flexibility index (Phi) is 4.50. The molecule has 0 aromatic heterocycles. The van der Waals surface area contributed by atoms with Gasteiger partial charge in [-0.2, -0.15) is 8.78 Å². The number of hydrogen-bond acceptors (Lipinski definition) is 3. The van der Waals surface area contributed by atoms with Crippen LogP contribution in [0.4, 0.5) is 8.78 Å². The molecule has 2 N–H and O–H groups in total. The molecular formula is C9H6Cl2F2O4. The number of ether oxygens (including phenoxy) is 1. The summed E-state index contributed by atoms with van der Waals surface area (Å²) < 4.78 is 28.0. The van der Waals surface area contributed by atoms with E-state index >= 15 is 0 Å². The largest absolute Gasteiger partial charge is 0.479 e. The molecule has 4 nitrogen and oxygen atoms in total. The lowest BCUT2D eigenvalue weighted by molar-refractivity contribution is -0.146. The summed E-state index contributed by atoms with van der Waals surface area (Å²) in [6, 6.07) is 1.87. The summed E-state index contributed by atoms with van der Waals surface area (Å²) in [6.45, 7) is -3.12. The maximum Gasteiger partial charge on any atom is 0.387 e. The number of halogens is 4. The number of aliphatic carboxylic acids is 1. The maximum absolute atomic E-state index is 12.0. The Bertz CT molecular complexity index is 439. The maximum atomic E-state index is 12.0. The number of alkyl halides is 2. The smallest absolute Gasteiger partial charge is 0.387 e. The van der Waals surface area contributed by atoms with E-state index in [1.54, 1.807) is 0 Å². The molecule has 0 aliphatic rings. The van der Waals surface area contributed by atoms with Crippen LogP contribution in [-0.4, -0.2) is 22.8 Å². The number of carbonyl (C=O) groups is 1. The predicted octanol–water partition coefficient (Wildman–Crippen LogP) is 2.71. The van der Waals surface area contributed by atoms with Crippen molar-refractivity contribution in [3.8, 4) is 5.75 Å². The van der Waals surface area contributed by atoms with Gasteiger partial charge in [-0.3, -0.25) is 0 Å². The third kappa shape index (κ3) is 3.42. The Morgan fingerprint density at radius 1 is 1.29 bits per heavy atom. The van der Waals surface area contributed by atoms with Gasteiger partial charge >= 0.3 is 12.6 Å². The SMILES string of the molecule is O=C(O)C(O)c1cc(OC(F)F)c(Cl)cc1Cl. The molecule has 1 aromatic carbocycles. The van der Waals surface area contributed by atoms with E-state index in [0.717, 1.165) is 12.1 Å². The summed E-state index contributed by atoms with van der Waals surface area (Å²) in [4.78, 5) is 10.5. The fourth-order valence-electron chi connectivity index (χ4n) is 1.07. The fourth-order valence-corrected chi connectivity index (χ4v) is 1.60. The molecule has 17 heavy (non-hydrogen) atoms. The van der Waals surface area contributed by atoms with E-state index < -0.39 is 24.4 Å². The van der Waals surface area contributed by atoms with Crippen LogP contribution in [0.3, 0.4) is 0 Å². The third-order valence-corrected chi connectivity index (χ3v) is 2.42. The predicted molar refractivity (Wildman–Crippen MR) is 55.7 cm³/mol. The zero-order chi connectivity index (χ0) is 13.2. The highest BCUT2D eigenvalue weighted by Crippen LogP contribution is 2.34. The molecule has 0 fully saturated rings. The molecule has 0 saturated carbocycles. The highest BCUT2D eigenvalue weighted by Gasteiger charge is 2.22. The van der Waals surface area contributed by atoms with Crippen LogP contribution in [0.15, 0.2) is 12.1 Å². The Morgan fingerprint density at radius 2 is 1.88 bits per heavy atom. The second kappa shape index (κ2) is 5.48. The van der Waals surface area contributed by atoms with Crippen LogP contribution in [0.25, 0.3) is 0 Å². The van der Waals surface area contributed by atoms with Gasteiger partial charge in [0.2, 0.25) is 0 Å². The number of aliphatic hydroxyl groups is 1. The van der Waals surface area contributed by atoms with E-state index in [2.05, 4.69) is 4.74 Å². The van der Waals surface area contributed by atoms with Gasteiger partial charge in [0.05, 0.1) is 5.02 Å². The van der Waals surface area contributed by atoms with Crippen LogP contribution in [0.2, 0.25) is 10.0 Å². The average Bonchev–Trinajstić information content (AvgIpc) is 2.20. The topological polar surface area (TPSA) is 66.8 Å². The van der Waals surface area contributed by atoms with E-state index in [4.69, 9.17) is 28.3 Å². The molecule has 0 heterocycles. The zero-order valence-corrected chi connectivity index (χ0v) is 9.54. The second-order valence-corrected chi connectivity index (χ2v) is 3.74. The Labute approximate surface area is 104 Å². The molecule has 0 bridgehead atoms. The Hall–Kier alpha value is -1.11. The highest BCUT2D eigenvalue weighted by atomic mass is 35.5. The fraction of sp³-hybridized carbons (Fsp3) is 0.222. The molecule has 0 spiro atoms. The first-order chi connectivity index (χ1) is 7.82. The van der Waals surface area contributed by atoms with E-state index in [1.165, 1.54) is 0 Å². The van der Waals surface area contributed by atoms with Gasteiger partial charge in [-0.05, 0) is 12.1 Å². The lowest BCUT2D eigenvalue weighted by Gasteiger charge is -2.12. The van der Waals surface area contributed by atoms with Crippen LogP contribution in [0.1, 0.15) is 11.7 Å². The summed E-state index contributed by atoms with van der Waals surface area (Å²) in [6.07, 6.45) is -1.94. The molecule has 1 unspecified atom stereocenters. The summed E-state index contributed by atoms with van der Waals surface area (Å²) in [5, 5.41) is 17.5. The number of aliphatic hydroxyl groups excluding tert-OH is 1. The van der Waals surface area contributed by atoms with Gasteiger partial charge in [0.25, 0.3) is 0 Å². The molecule has 0 amide bonds. The number of carboxylic acid groups (broad SMARTS) is 1. The monoisotopic (exact) mass is 286 g/mol. The van der Waals surface area contributed by atoms with Crippen molar-refractivity contribution in [2.45, 2.75) is 12.7 Å². The Balaban J connectivity index is 3.18. The first-order valence-corrected chi connectivity index (χ1v) is 4.93. The van der Waals surface area contributed by atoms with E-state index in [9.17, 15) is 18.7 Å². The second-order valence-electron chi connectivity index (χ2n) is 2.92. The Morgan fingerprint density at radius 3 is 2.35 bits per heavy atom. The van der Waals surface area contributed by atoms with Crippen LogP contribution in [-0.2, 0) is 4.79 Å². The first kappa shape index (κ1) is 14.0. The van der Waals surface area contributed by atoms with Gasteiger partial charge in [0.1, 0.15) is 5.75 Å². The number of rotatable bonds is 4. The first-order valence-electron chi connectivity index (χ1n) is 4.17. The van der Waals surface area contributed by atoms with Crippen LogP contribution in [0, 0.1) is 0 Å². The summed E-state index contributed by atoms with van der Waals surface area (Å²) in [5.74, 6) is -2.03. The van der Waals surface area contributed by atoms with Crippen molar-refractivity contribution in [3.63, 3.8) is 0 Å². The van der Waals surface area contributed by atoms with E-state index in [1.807, 2.05) is 0 Å². The molecule has 0 saturated heterocycles. The lowest BCUT2D eigenvalue weighted by Crippen LogP contribution is -2.12. The minimum absolute atomic E-state index is 0.161. The summed E-state index contributed by atoms with van der Waals surface area (Å²) in [5.41, 5.74) is -0.279. The normalized spacial score (nSPS) is 12.6. The van der Waals surface area contributed by atoms with Gasteiger partial charge in [0, 0.05) is 10.6 Å². The van der Waals surface area contributed by atoms with Gasteiger partial charge < -0.3 is 14.9 Å². The molecular weight excluding hydrogens is 281 g/mol. The quantitative estimate of drug-likeness (QED) is 0.893. The van der Waals surface area contributed by atoms with Gasteiger partial charge in [-0.15, -0.1) is 0 Å². The van der Waals surface area contributed by atoms with Crippen molar-refractivity contribution in [1.29, 1.82) is 0 Å². The number of hydrogen-bond donors (Lipinski definition) is 2. The van der Waals surface area contributed by atoms with Crippen LogP contribution in [0.5, 0.6) is 5.75 Å². The number of carboxylic acids is 1. The van der Waals surface area contributed by atoms with Gasteiger partial charge in [-0.1, -0.05) is 23.2 Å². The molecule has 1 atom stereocenters. The minimum atomic E-state index is -3.12. The summed E-state index contributed by atoms with van der Waals surface area (Å²) in [7, 11) is 0. The van der Waals surface area contributed by atoms with Crippen molar-refractivity contribution in [1.82, 2.24) is 0 Å². The van der Waals surface area contributed by atoms with Crippen molar-refractivity contribution >= 4 is 29.2 Å². The summed E-state index contributed by atoms with van der Waals surface area (Å²) >= 11 is 11.2. The number of benzene rings is 1. The molecule has 0 aliphatic heterocycles. The molecule has 0 radical (unpaired) electrons.